The van der Waals surface area contributed by atoms with Gasteiger partial charge >= 0.3 is 6.18 Å². The Balaban J connectivity index is 3.63. The summed E-state index contributed by atoms with van der Waals surface area (Å²) in [6.07, 6.45) is -4.76. The number of hydrogen-bond donors (Lipinski definition) is 0. The molecule has 2 nitrogen and oxygen atoms in total. The fourth-order valence-electron chi connectivity index (χ4n) is 0.980. The average molecular weight is 324 g/mol. The van der Waals surface area contributed by atoms with E-state index in [0.717, 1.165) is 6.07 Å². The summed E-state index contributed by atoms with van der Waals surface area (Å²) in [5, 5.41) is 0. The third kappa shape index (κ3) is 2.85. The largest absolute Gasteiger partial charge is 0.417 e. The molecule has 0 saturated carbocycles. The van der Waals surface area contributed by atoms with Gasteiger partial charge in [0.15, 0.2) is 0 Å². The number of benzene rings is 1. The molecule has 0 aliphatic rings. The van der Waals surface area contributed by atoms with Crippen LogP contribution < -0.4 is 0 Å². The van der Waals surface area contributed by atoms with E-state index in [1.807, 2.05) is 0 Å². The van der Waals surface area contributed by atoms with Crippen molar-refractivity contribution in [3.8, 4) is 0 Å². The molecule has 84 valence electrons. The summed E-state index contributed by atoms with van der Waals surface area (Å²) in [6, 6.07) is 2.91. The third-order valence-corrected chi connectivity index (χ3v) is 3.83. The minimum Gasteiger partial charge on any atom is -0.207 e. The van der Waals surface area contributed by atoms with Gasteiger partial charge in [-0.3, -0.25) is 0 Å². The van der Waals surface area contributed by atoms with Crippen LogP contribution in [0.15, 0.2) is 27.6 Å². The Morgan fingerprint density at radius 1 is 1.27 bits per heavy atom. The summed E-state index contributed by atoms with van der Waals surface area (Å²) in [7, 11) is 0.475. The zero-order valence-corrected chi connectivity index (χ0v) is 10.0. The molecule has 15 heavy (non-hydrogen) atoms. The molecular weight excluding hydrogens is 320 g/mol. The highest BCUT2D eigenvalue weighted by Gasteiger charge is 2.37. The van der Waals surface area contributed by atoms with Crippen LogP contribution in [0.5, 0.6) is 0 Å². The molecule has 0 heterocycles. The third-order valence-electron chi connectivity index (χ3n) is 1.52. The van der Waals surface area contributed by atoms with Gasteiger partial charge in [-0.15, -0.1) is 0 Å². The number of halogens is 5. The fraction of sp³-hybridized carbons (Fsp3) is 0.143. The molecule has 0 N–H and O–H groups in total. The fourth-order valence-corrected chi connectivity index (χ4v) is 3.51. The van der Waals surface area contributed by atoms with Crippen molar-refractivity contribution in [2.24, 2.45) is 0 Å². The van der Waals surface area contributed by atoms with Gasteiger partial charge in [0.1, 0.15) is 4.90 Å². The maximum Gasteiger partial charge on any atom is 0.417 e. The van der Waals surface area contributed by atoms with E-state index in [9.17, 15) is 21.6 Å². The van der Waals surface area contributed by atoms with Crippen molar-refractivity contribution in [3.63, 3.8) is 0 Å². The lowest BCUT2D eigenvalue weighted by Gasteiger charge is -2.11. The first-order chi connectivity index (χ1) is 6.64. The Labute approximate surface area is 96.6 Å². The molecule has 8 heteroatoms. The van der Waals surface area contributed by atoms with Crippen LogP contribution in [-0.2, 0) is 15.2 Å². The summed E-state index contributed by atoms with van der Waals surface area (Å²) in [5.74, 6) is 0. The molecule has 0 fully saturated rings. The quantitative estimate of drug-likeness (QED) is 0.742. The van der Waals surface area contributed by atoms with Gasteiger partial charge in [0.2, 0.25) is 0 Å². The van der Waals surface area contributed by atoms with E-state index in [2.05, 4.69) is 15.9 Å². The van der Waals surface area contributed by atoms with Crippen molar-refractivity contribution in [2.45, 2.75) is 11.1 Å². The molecule has 0 aliphatic heterocycles. The van der Waals surface area contributed by atoms with E-state index in [0.29, 0.717) is 6.07 Å². The lowest BCUT2D eigenvalue weighted by Crippen LogP contribution is -2.11. The van der Waals surface area contributed by atoms with Crippen LogP contribution in [0.4, 0.5) is 13.2 Å². The Bertz CT molecular complexity index is 483. The van der Waals surface area contributed by atoms with Gasteiger partial charge < -0.3 is 0 Å². The molecule has 0 amide bonds. The highest BCUT2D eigenvalue weighted by molar-refractivity contribution is 9.10. The van der Waals surface area contributed by atoms with E-state index in [-0.39, 0.29) is 4.47 Å². The second-order valence-corrected chi connectivity index (χ2v) is 5.91. The molecule has 0 bridgehead atoms. The van der Waals surface area contributed by atoms with Crippen LogP contribution in [0, 0.1) is 0 Å². The average Bonchev–Trinajstić information content (AvgIpc) is 1.99. The van der Waals surface area contributed by atoms with Gasteiger partial charge in [0.05, 0.1) is 5.56 Å². The maximum atomic E-state index is 12.4. The zero-order chi connectivity index (χ0) is 11.9. The SMILES string of the molecule is O=S(=O)(Cl)c1c(Br)cccc1C(F)(F)F. The first-order valence-electron chi connectivity index (χ1n) is 3.44. The molecule has 0 radical (unpaired) electrons. The van der Waals surface area contributed by atoms with Crippen molar-refractivity contribution in [1.82, 2.24) is 0 Å². The van der Waals surface area contributed by atoms with Crippen LogP contribution in [0.1, 0.15) is 5.56 Å². The Morgan fingerprint density at radius 3 is 2.13 bits per heavy atom. The van der Waals surface area contributed by atoms with Crippen LogP contribution in [-0.4, -0.2) is 8.42 Å². The number of rotatable bonds is 1. The summed E-state index contributed by atoms with van der Waals surface area (Å²) in [6.45, 7) is 0. The first kappa shape index (κ1) is 12.8. The molecule has 0 aliphatic carbocycles. The molecular formula is C7H3BrClF3O2S. The second kappa shape index (κ2) is 3.95. The molecule has 1 rings (SSSR count). The van der Waals surface area contributed by atoms with Crippen LogP contribution in [0.2, 0.25) is 0 Å². The van der Waals surface area contributed by atoms with E-state index in [1.165, 1.54) is 6.07 Å². The van der Waals surface area contributed by atoms with Gasteiger partial charge in [-0.25, -0.2) is 8.42 Å². The Hall–Kier alpha value is -0.270. The Kier molecular flexibility index (Phi) is 3.37. The second-order valence-electron chi connectivity index (χ2n) is 2.55. The summed E-state index contributed by atoms with van der Waals surface area (Å²) >= 11 is 2.71. The maximum absolute atomic E-state index is 12.4. The highest BCUT2D eigenvalue weighted by atomic mass is 79.9. The van der Waals surface area contributed by atoms with Crippen molar-refractivity contribution >= 4 is 35.7 Å². The molecule has 0 aromatic heterocycles. The zero-order valence-electron chi connectivity index (χ0n) is 6.85. The van der Waals surface area contributed by atoms with Crippen molar-refractivity contribution in [3.05, 3.63) is 28.2 Å². The van der Waals surface area contributed by atoms with Crippen molar-refractivity contribution in [1.29, 1.82) is 0 Å². The molecule has 0 unspecified atom stereocenters. The minimum atomic E-state index is -4.76. The topological polar surface area (TPSA) is 34.1 Å². The van der Waals surface area contributed by atoms with Crippen LogP contribution in [0.3, 0.4) is 0 Å². The standard InChI is InChI=1S/C7H3BrClF3O2S/c8-5-3-1-2-4(7(10,11)12)6(5)15(9,13)14/h1-3H. The predicted molar refractivity (Wildman–Crippen MR) is 52.2 cm³/mol. The monoisotopic (exact) mass is 322 g/mol. The van der Waals surface area contributed by atoms with E-state index >= 15 is 0 Å². The number of hydrogen-bond acceptors (Lipinski definition) is 2. The minimum absolute atomic E-state index is 0.215. The van der Waals surface area contributed by atoms with Gasteiger partial charge in [0.25, 0.3) is 9.05 Å². The lowest BCUT2D eigenvalue weighted by atomic mass is 10.2. The lowest BCUT2D eigenvalue weighted by molar-refractivity contribution is -0.139. The summed E-state index contributed by atoms with van der Waals surface area (Å²) < 4.78 is 58.9. The van der Waals surface area contributed by atoms with Crippen molar-refractivity contribution in [2.75, 3.05) is 0 Å². The van der Waals surface area contributed by atoms with Crippen LogP contribution in [0.25, 0.3) is 0 Å². The number of alkyl halides is 3. The summed E-state index contributed by atoms with van der Waals surface area (Å²) in [4.78, 5) is -0.959. The van der Waals surface area contributed by atoms with Gasteiger partial charge in [-0.05, 0) is 28.1 Å². The van der Waals surface area contributed by atoms with Crippen molar-refractivity contribution < 1.29 is 21.6 Å². The molecule has 1 aromatic carbocycles. The van der Waals surface area contributed by atoms with Gasteiger partial charge in [-0.1, -0.05) is 6.07 Å². The van der Waals surface area contributed by atoms with E-state index in [4.69, 9.17) is 10.7 Å². The first-order valence-corrected chi connectivity index (χ1v) is 6.54. The normalized spacial score (nSPS) is 12.9. The summed E-state index contributed by atoms with van der Waals surface area (Å²) in [5.41, 5.74) is -1.29. The van der Waals surface area contributed by atoms with E-state index < -0.39 is 25.7 Å². The van der Waals surface area contributed by atoms with E-state index in [1.54, 1.807) is 0 Å². The molecule has 0 atom stereocenters. The van der Waals surface area contributed by atoms with Gasteiger partial charge in [-0.2, -0.15) is 13.2 Å². The highest BCUT2D eigenvalue weighted by Crippen LogP contribution is 2.38. The van der Waals surface area contributed by atoms with Gasteiger partial charge in [0, 0.05) is 15.2 Å². The Morgan fingerprint density at radius 2 is 1.80 bits per heavy atom. The molecule has 0 saturated heterocycles. The van der Waals surface area contributed by atoms with Crippen LogP contribution >= 0.6 is 26.6 Å². The smallest absolute Gasteiger partial charge is 0.207 e. The molecule has 1 aromatic rings. The molecule has 0 spiro atoms. The predicted octanol–water partition coefficient (Wildman–Crippen LogP) is 3.40.